The van der Waals surface area contributed by atoms with Crippen molar-refractivity contribution in [3.8, 4) is 0 Å². The van der Waals surface area contributed by atoms with Gasteiger partial charge in [0.05, 0.1) is 5.56 Å². The lowest BCUT2D eigenvalue weighted by atomic mass is 9.80. The van der Waals surface area contributed by atoms with E-state index in [1.165, 1.54) is 24.3 Å². The average molecular weight is 184 g/mol. The molecule has 0 fully saturated rings. The van der Waals surface area contributed by atoms with Gasteiger partial charge in [-0.2, -0.15) is 0 Å². The fourth-order valence-corrected chi connectivity index (χ4v) is 0.842. The van der Waals surface area contributed by atoms with E-state index >= 15 is 0 Å². The highest BCUT2D eigenvalue weighted by Gasteiger charge is 2.17. The zero-order valence-corrected chi connectivity index (χ0v) is 6.48. The number of benzene rings is 1. The summed E-state index contributed by atoms with van der Waals surface area (Å²) in [5, 5.41) is 17.3. The van der Waals surface area contributed by atoms with Crippen LogP contribution in [0.4, 0.5) is 4.53 Å². The van der Waals surface area contributed by atoms with Crippen molar-refractivity contribution >= 4 is 18.6 Å². The van der Waals surface area contributed by atoms with E-state index in [1.54, 1.807) is 0 Å². The van der Waals surface area contributed by atoms with Gasteiger partial charge in [-0.15, -0.1) is 0 Å². The SMILES string of the molecule is O=C(O)c1ccc(B(O)OF)cc1. The maximum absolute atomic E-state index is 11.5. The van der Waals surface area contributed by atoms with Crippen LogP contribution in [0, 0.1) is 0 Å². The summed E-state index contributed by atoms with van der Waals surface area (Å²) in [6.07, 6.45) is 0. The van der Waals surface area contributed by atoms with Gasteiger partial charge in [-0.05, 0) is 17.6 Å². The van der Waals surface area contributed by atoms with Crippen molar-refractivity contribution in [2.45, 2.75) is 0 Å². The Labute approximate surface area is 73.6 Å². The highest BCUT2D eigenvalue weighted by Crippen LogP contribution is 1.97. The molecule has 6 heteroatoms. The minimum atomic E-state index is -1.66. The minimum Gasteiger partial charge on any atom is -0.478 e. The lowest BCUT2D eigenvalue weighted by Gasteiger charge is -2.00. The molecule has 4 nitrogen and oxygen atoms in total. The fraction of sp³-hybridized carbons (Fsp3) is 0. The standard InChI is InChI=1S/C7H6BFO4/c9-13-8(12)6-3-1-5(2-4-6)7(10)11/h1-4,12H,(H,10,11). The van der Waals surface area contributed by atoms with Crippen LogP contribution in [0.15, 0.2) is 24.3 Å². The van der Waals surface area contributed by atoms with Crippen molar-refractivity contribution < 1.29 is 24.3 Å². The third-order valence-electron chi connectivity index (χ3n) is 1.53. The molecule has 0 radical (unpaired) electrons. The Hall–Kier alpha value is -1.40. The van der Waals surface area contributed by atoms with Crippen molar-refractivity contribution in [1.82, 2.24) is 0 Å². The maximum Gasteiger partial charge on any atom is 0.529 e. The summed E-state index contributed by atoms with van der Waals surface area (Å²) in [7, 11) is -1.66. The Kier molecular flexibility index (Phi) is 3.00. The Bertz CT molecular complexity index is 300. The van der Waals surface area contributed by atoms with Crippen LogP contribution in [0.5, 0.6) is 0 Å². The topological polar surface area (TPSA) is 66.8 Å². The Morgan fingerprint density at radius 3 is 2.31 bits per heavy atom. The third kappa shape index (κ3) is 2.27. The summed E-state index contributed by atoms with van der Waals surface area (Å²) in [4.78, 5) is 13.5. The van der Waals surface area contributed by atoms with Crippen LogP contribution in [0.3, 0.4) is 0 Å². The van der Waals surface area contributed by atoms with Crippen molar-refractivity contribution in [2.75, 3.05) is 0 Å². The first-order chi connectivity index (χ1) is 6.15. The van der Waals surface area contributed by atoms with E-state index in [0.29, 0.717) is 0 Å². The second kappa shape index (κ2) is 4.02. The lowest BCUT2D eigenvalue weighted by Crippen LogP contribution is -2.31. The summed E-state index contributed by atoms with van der Waals surface area (Å²) < 4.78 is 11.5. The molecule has 13 heavy (non-hydrogen) atoms. The molecule has 68 valence electrons. The second-order valence-corrected chi connectivity index (χ2v) is 2.37. The normalized spacial score (nSPS) is 9.69. The van der Waals surface area contributed by atoms with Gasteiger partial charge < -0.3 is 10.1 Å². The molecular weight excluding hydrogens is 178 g/mol. The zero-order valence-electron chi connectivity index (χ0n) is 6.48. The molecule has 0 saturated heterocycles. The number of aromatic carboxylic acids is 1. The van der Waals surface area contributed by atoms with E-state index in [1.807, 2.05) is 0 Å². The van der Waals surface area contributed by atoms with Crippen molar-refractivity contribution in [1.29, 1.82) is 0 Å². The molecule has 0 aliphatic rings. The van der Waals surface area contributed by atoms with E-state index in [0.717, 1.165) is 0 Å². The zero-order chi connectivity index (χ0) is 9.84. The number of rotatable bonds is 3. The lowest BCUT2D eigenvalue weighted by molar-refractivity contribution is -0.0267. The Morgan fingerprint density at radius 2 is 1.92 bits per heavy atom. The van der Waals surface area contributed by atoms with Gasteiger partial charge in [0.1, 0.15) is 0 Å². The van der Waals surface area contributed by atoms with Crippen LogP contribution in [0.1, 0.15) is 10.4 Å². The number of halogens is 1. The quantitative estimate of drug-likeness (QED) is 0.647. The van der Waals surface area contributed by atoms with E-state index in [-0.39, 0.29) is 11.0 Å². The van der Waals surface area contributed by atoms with Crippen LogP contribution < -0.4 is 5.46 Å². The molecule has 0 saturated carbocycles. The number of carboxylic acids is 1. The third-order valence-corrected chi connectivity index (χ3v) is 1.53. The van der Waals surface area contributed by atoms with Crippen LogP contribution in [0.25, 0.3) is 0 Å². The molecule has 1 aromatic rings. The minimum absolute atomic E-state index is 0.0646. The van der Waals surface area contributed by atoms with Gasteiger partial charge in [-0.25, -0.2) is 9.65 Å². The van der Waals surface area contributed by atoms with Gasteiger partial charge in [0.2, 0.25) is 0 Å². The van der Waals surface area contributed by atoms with Crippen LogP contribution >= 0.6 is 0 Å². The first-order valence-electron chi connectivity index (χ1n) is 3.44. The summed E-state index contributed by atoms with van der Waals surface area (Å²) in [6.45, 7) is 0. The number of carbonyl (C=O) groups is 1. The molecule has 0 bridgehead atoms. The number of carboxylic acid groups (broad SMARTS) is 1. The van der Waals surface area contributed by atoms with Gasteiger partial charge in [-0.3, -0.25) is 0 Å². The van der Waals surface area contributed by atoms with Crippen molar-refractivity contribution in [3.63, 3.8) is 0 Å². The molecule has 0 aliphatic heterocycles. The Morgan fingerprint density at radius 1 is 1.38 bits per heavy atom. The van der Waals surface area contributed by atoms with E-state index in [9.17, 15) is 9.32 Å². The molecule has 0 aromatic heterocycles. The summed E-state index contributed by atoms with van der Waals surface area (Å²) in [6, 6.07) is 5.04. The van der Waals surface area contributed by atoms with Gasteiger partial charge >= 0.3 is 13.1 Å². The Balaban J connectivity index is 2.87. The molecule has 1 rings (SSSR count). The smallest absolute Gasteiger partial charge is 0.478 e. The molecule has 0 heterocycles. The molecule has 0 unspecified atom stereocenters. The van der Waals surface area contributed by atoms with E-state index < -0.39 is 13.1 Å². The average Bonchev–Trinajstić information content (AvgIpc) is 2.17. The first-order valence-corrected chi connectivity index (χ1v) is 3.44. The van der Waals surface area contributed by atoms with E-state index in [2.05, 4.69) is 4.86 Å². The molecule has 0 spiro atoms. The number of hydrogen-bond donors (Lipinski definition) is 2. The van der Waals surface area contributed by atoms with Crippen molar-refractivity contribution in [2.24, 2.45) is 0 Å². The molecule has 0 atom stereocenters. The summed E-state index contributed by atoms with van der Waals surface area (Å²) in [5.74, 6) is -1.08. The second-order valence-electron chi connectivity index (χ2n) is 2.37. The highest BCUT2D eigenvalue weighted by atomic mass is 19.3. The largest absolute Gasteiger partial charge is 0.529 e. The predicted molar refractivity (Wildman–Crippen MR) is 43.2 cm³/mol. The number of hydrogen-bond acceptors (Lipinski definition) is 3. The monoisotopic (exact) mass is 184 g/mol. The molecule has 0 aliphatic carbocycles. The molecular formula is C7H6BFO4. The predicted octanol–water partition coefficient (Wildman–Crippen LogP) is -0.0266. The van der Waals surface area contributed by atoms with Crippen LogP contribution in [0.2, 0.25) is 0 Å². The van der Waals surface area contributed by atoms with E-state index in [4.69, 9.17) is 10.1 Å². The van der Waals surface area contributed by atoms with Gasteiger partial charge in [0.25, 0.3) is 0 Å². The molecule has 2 N–H and O–H groups in total. The van der Waals surface area contributed by atoms with Gasteiger partial charge in [-0.1, -0.05) is 16.7 Å². The van der Waals surface area contributed by atoms with Gasteiger partial charge in [0.15, 0.2) is 0 Å². The van der Waals surface area contributed by atoms with Crippen LogP contribution in [-0.2, 0) is 4.86 Å². The van der Waals surface area contributed by atoms with Crippen molar-refractivity contribution in [3.05, 3.63) is 29.8 Å². The summed E-state index contributed by atoms with van der Waals surface area (Å²) >= 11 is 0. The summed E-state index contributed by atoms with van der Waals surface area (Å²) in [5.41, 5.74) is 0.224. The highest BCUT2D eigenvalue weighted by molar-refractivity contribution is 6.59. The molecule has 0 amide bonds. The van der Waals surface area contributed by atoms with Gasteiger partial charge in [0, 0.05) is 0 Å². The first kappa shape index (κ1) is 9.69. The molecule has 1 aromatic carbocycles. The maximum atomic E-state index is 11.5. The van der Waals surface area contributed by atoms with Crippen LogP contribution in [-0.4, -0.2) is 23.2 Å². The fourth-order valence-electron chi connectivity index (χ4n) is 0.842.